The molecular weight excluding hydrogens is 314 g/mol. The summed E-state index contributed by atoms with van der Waals surface area (Å²) in [6.45, 7) is 0. The highest BCUT2D eigenvalue weighted by atomic mass is 16.5. The maximum Gasteiger partial charge on any atom is 0.147 e. The van der Waals surface area contributed by atoms with E-state index in [2.05, 4.69) is 10.3 Å². The molecule has 0 radical (unpaired) electrons. The average Bonchev–Trinajstić information content (AvgIpc) is 2.65. The molecule has 3 aromatic rings. The van der Waals surface area contributed by atoms with E-state index >= 15 is 0 Å². The van der Waals surface area contributed by atoms with Gasteiger partial charge in [-0.05, 0) is 29.8 Å². The van der Waals surface area contributed by atoms with E-state index in [0.29, 0.717) is 11.3 Å². The maximum atomic E-state index is 8.10. The van der Waals surface area contributed by atoms with Gasteiger partial charge < -0.3 is 21.5 Å². The summed E-state index contributed by atoms with van der Waals surface area (Å²) in [5.74, 6) is 1.89. The number of nitrogens with one attached hydrogen (secondary N) is 2. The second-order valence-corrected chi connectivity index (χ2v) is 5.41. The molecule has 0 aliphatic heterocycles. The van der Waals surface area contributed by atoms with Crippen LogP contribution in [0.3, 0.4) is 0 Å². The van der Waals surface area contributed by atoms with E-state index in [-0.39, 0.29) is 11.7 Å². The summed E-state index contributed by atoms with van der Waals surface area (Å²) >= 11 is 0. The number of hydrogen-bond donors (Lipinski definition) is 4. The lowest BCUT2D eigenvalue weighted by Gasteiger charge is -2.15. The molecule has 6 heteroatoms. The average molecular weight is 333 g/mol. The number of benzene rings is 2. The van der Waals surface area contributed by atoms with Crippen LogP contribution in [0.5, 0.6) is 11.5 Å². The fourth-order valence-electron chi connectivity index (χ4n) is 2.48. The predicted molar refractivity (Wildman–Crippen MR) is 101 cm³/mol. The smallest absolute Gasteiger partial charge is 0.147 e. The van der Waals surface area contributed by atoms with Crippen LogP contribution in [0.4, 0.5) is 11.5 Å². The van der Waals surface area contributed by atoms with Crippen molar-refractivity contribution in [2.24, 2.45) is 0 Å². The number of pyridine rings is 1. The first-order valence-electron chi connectivity index (χ1n) is 7.74. The van der Waals surface area contributed by atoms with E-state index in [1.165, 1.54) is 0 Å². The Balaban J connectivity index is 1.95. The SMILES string of the molecule is CNC(=N)c1c(-c2ccc(Oc3ccccc3)cc2)cnc(N)c1N. The van der Waals surface area contributed by atoms with Crippen LogP contribution in [-0.2, 0) is 0 Å². The molecule has 6 N–H and O–H groups in total. The Labute approximate surface area is 146 Å². The van der Waals surface area contributed by atoms with Crippen LogP contribution in [-0.4, -0.2) is 17.9 Å². The summed E-state index contributed by atoms with van der Waals surface area (Å²) < 4.78 is 5.80. The predicted octanol–water partition coefficient (Wildman–Crippen LogP) is 3.25. The van der Waals surface area contributed by atoms with Crippen molar-refractivity contribution in [2.45, 2.75) is 0 Å². The minimum Gasteiger partial charge on any atom is -0.457 e. The molecule has 6 nitrogen and oxygen atoms in total. The molecule has 0 atom stereocenters. The summed E-state index contributed by atoms with van der Waals surface area (Å²) in [6, 6.07) is 17.1. The van der Waals surface area contributed by atoms with Crippen LogP contribution in [0.15, 0.2) is 60.8 Å². The Bertz CT molecular complexity index is 892. The standard InChI is InChI=1S/C19H19N5O/c1-23-18(21)16-15(11-24-19(22)17(16)20)12-7-9-14(10-8-12)25-13-5-3-2-4-6-13/h2-11H,20H2,1H3,(H2,21,23)(H2,22,24). The van der Waals surface area contributed by atoms with Gasteiger partial charge in [-0.1, -0.05) is 30.3 Å². The number of para-hydroxylation sites is 1. The van der Waals surface area contributed by atoms with Gasteiger partial charge in [-0.2, -0.15) is 0 Å². The Morgan fingerprint density at radius 3 is 2.28 bits per heavy atom. The van der Waals surface area contributed by atoms with Crippen LogP contribution < -0.4 is 21.5 Å². The zero-order chi connectivity index (χ0) is 17.8. The first-order valence-corrected chi connectivity index (χ1v) is 7.74. The van der Waals surface area contributed by atoms with Crippen molar-refractivity contribution in [1.29, 1.82) is 5.41 Å². The van der Waals surface area contributed by atoms with Crippen molar-refractivity contribution in [3.63, 3.8) is 0 Å². The van der Waals surface area contributed by atoms with Gasteiger partial charge in [0, 0.05) is 18.8 Å². The molecular formula is C19H19N5O. The quantitative estimate of drug-likeness (QED) is 0.433. The monoisotopic (exact) mass is 333 g/mol. The summed E-state index contributed by atoms with van der Waals surface area (Å²) in [4.78, 5) is 4.12. The van der Waals surface area contributed by atoms with E-state index in [1.54, 1.807) is 13.2 Å². The second-order valence-electron chi connectivity index (χ2n) is 5.41. The highest BCUT2D eigenvalue weighted by Crippen LogP contribution is 2.31. The van der Waals surface area contributed by atoms with E-state index in [4.69, 9.17) is 21.6 Å². The van der Waals surface area contributed by atoms with Gasteiger partial charge in [-0.25, -0.2) is 4.98 Å². The molecule has 0 spiro atoms. The maximum absolute atomic E-state index is 8.10. The lowest BCUT2D eigenvalue weighted by atomic mass is 9.99. The van der Waals surface area contributed by atoms with E-state index < -0.39 is 0 Å². The molecule has 0 unspecified atom stereocenters. The van der Waals surface area contributed by atoms with Gasteiger partial charge in [0.05, 0.1) is 11.3 Å². The number of anilines is 2. The lowest BCUT2D eigenvalue weighted by Crippen LogP contribution is -2.21. The Hall–Kier alpha value is -3.54. The van der Waals surface area contributed by atoms with Crippen molar-refractivity contribution in [3.05, 3.63) is 66.4 Å². The minimum atomic E-state index is 0.186. The van der Waals surface area contributed by atoms with E-state index in [9.17, 15) is 0 Å². The van der Waals surface area contributed by atoms with Crippen LogP contribution in [0.1, 0.15) is 5.56 Å². The molecule has 0 aliphatic carbocycles. The Morgan fingerprint density at radius 2 is 1.64 bits per heavy atom. The summed E-state index contributed by atoms with van der Waals surface area (Å²) in [5, 5.41) is 10.9. The van der Waals surface area contributed by atoms with Gasteiger partial charge in [0.15, 0.2) is 0 Å². The normalized spacial score (nSPS) is 10.3. The number of nitrogens with two attached hydrogens (primary N) is 2. The van der Waals surface area contributed by atoms with Crippen molar-refractivity contribution in [3.8, 4) is 22.6 Å². The number of ether oxygens (including phenoxy) is 1. The number of aromatic nitrogens is 1. The van der Waals surface area contributed by atoms with Crippen LogP contribution >= 0.6 is 0 Å². The zero-order valence-corrected chi connectivity index (χ0v) is 13.8. The molecule has 0 fully saturated rings. The number of rotatable bonds is 4. The van der Waals surface area contributed by atoms with Crippen molar-refractivity contribution >= 4 is 17.3 Å². The molecule has 126 valence electrons. The number of amidine groups is 1. The topological polar surface area (TPSA) is 110 Å². The molecule has 0 saturated carbocycles. The highest BCUT2D eigenvalue weighted by Gasteiger charge is 2.16. The molecule has 1 heterocycles. The summed E-state index contributed by atoms with van der Waals surface area (Å²) in [5.41, 5.74) is 14.3. The van der Waals surface area contributed by atoms with Gasteiger partial charge in [0.1, 0.15) is 23.2 Å². The molecule has 0 bridgehead atoms. The Morgan fingerprint density at radius 1 is 1.00 bits per heavy atom. The van der Waals surface area contributed by atoms with E-state index in [1.807, 2.05) is 54.6 Å². The van der Waals surface area contributed by atoms with Crippen molar-refractivity contribution in [1.82, 2.24) is 10.3 Å². The summed E-state index contributed by atoms with van der Waals surface area (Å²) in [7, 11) is 1.67. The third kappa shape index (κ3) is 3.37. The van der Waals surface area contributed by atoms with Gasteiger partial charge in [0.2, 0.25) is 0 Å². The fourth-order valence-corrected chi connectivity index (χ4v) is 2.48. The number of hydrogen-bond acceptors (Lipinski definition) is 5. The van der Waals surface area contributed by atoms with Gasteiger partial charge >= 0.3 is 0 Å². The highest BCUT2D eigenvalue weighted by molar-refractivity contribution is 6.08. The molecule has 25 heavy (non-hydrogen) atoms. The first-order chi connectivity index (χ1) is 12.1. The number of nitrogens with zero attached hydrogens (tertiary/aromatic N) is 1. The molecule has 2 aromatic carbocycles. The van der Waals surface area contributed by atoms with Gasteiger partial charge in [0.25, 0.3) is 0 Å². The van der Waals surface area contributed by atoms with Gasteiger partial charge in [-0.15, -0.1) is 0 Å². The van der Waals surface area contributed by atoms with Crippen LogP contribution in [0, 0.1) is 5.41 Å². The Kier molecular flexibility index (Phi) is 4.52. The largest absolute Gasteiger partial charge is 0.457 e. The fraction of sp³-hybridized carbons (Fsp3) is 0.0526. The third-order valence-electron chi connectivity index (χ3n) is 3.79. The van der Waals surface area contributed by atoms with Gasteiger partial charge in [-0.3, -0.25) is 5.41 Å². The second kappa shape index (κ2) is 6.92. The van der Waals surface area contributed by atoms with Crippen LogP contribution in [0.2, 0.25) is 0 Å². The van der Waals surface area contributed by atoms with E-state index in [0.717, 1.165) is 22.6 Å². The first kappa shape index (κ1) is 16.3. The van der Waals surface area contributed by atoms with Crippen molar-refractivity contribution in [2.75, 3.05) is 18.5 Å². The molecule has 0 aliphatic rings. The molecule has 0 amide bonds. The molecule has 0 saturated heterocycles. The molecule has 1 aromatic heterocycles. The third-order valence-corrected chi connectivity index (χ3v) is 3.79. The number of nitrogen functional groups attached to an aromatic ring is 2. The zero-order valence-electron chi connectivity index (χ0n) is 13.8. The molecule has 3 rings (SSSR count). The lowest BCUT2D eigenvalue weighted by molar-refractivity contribution is 0.483. The van der Waals surface area contributed by atoms with Crippen LogP contribution in [0.25, 0.3) is 11.1 Å². The summed E-state index contributed by atoms with van der Waals surface area (Å²) in [6.07, 6.45) is 1.62. The van der Waals surface area contributed by atoms with Crippen molar-refractivity contribution < 1.29 is 4.74 Å². The minimum absolute atomic E-state index is 0.186.